The van der Waals surface area contributed by atoms with Crippen molar-refractivity contribution >= 4 is 12.0 Å². The number of carbonyl (C=O) groups is 2. The van der Waals surface area contributed by atoms with E-state index in [4.69, 9.17) is 11.5 Å². The zero-order valence-corrected chi connectivity index (χ0v) is 9.27. The topological polar surface area (TPSA) is 69.6 Å². The third-order valence-corrected chi connectivity index (χ3v) is 2.82. The predicted octanol–water partition coefficient (Wildman–Crippen LogP) is 0.514. The van der Waals surface area contributed by atoms with Crippen molar-refractivity contribution in [3.05, 3.63) is 0 Å². The first-order chi connectivity index (χ1) is 7.56. The molecule has 0 aliphatic heterocycles. The van der Waals surface area contributed by atoms with Gasteiger partial charge in [-0.05, 0) is 12.8 Å². The number of carboxylic acids is 1. The lowest BCUT2D eigenvalue weighted by Crippen LogP contribution is -2.46. The van der Waals surface area contributed by atoms with Crippen LogP contribution in [0.3, 0.4) is 0 Å². The van der Waals surface area contributed by atoms with Crippen LogP contribution in [0.4, 0.5) is 4.79 Å². The van der Waals surface area contributed by atoms with E-state index < -0.39 is 11.9 Å². The average Bonchev–Trinajstić information content (AvgIpc) is 2.66. The molecule has 1 saturated carbocycles. The Labute approximate surface area is 94.8 Å². The van der Waals surface area contributed by atoms with Gasteiger partial charge in [-0.15, -0.1) is 6.42 Å². The average molecular weight is 224 g/mol. The molecule has 16 heavy (non-hydrogen) atoms. The second-order valence-corrected chi connectivity index (χ2v) is 3.99. The van der Waals surface area contributed by atoms with Gasteiger partial charge in [0.15, 0.2) is 0 Å². The normalized spacial score (nSPS) is 23.5. The minimum absolute atomic E-state index is 0.219. The number of nitrogens with one attached hydrogen (secondary N) is 1. The number of urea groups is 1. The predicted molar refractivity (Wildman–Crippen MR) is 58.8 cm³/mol. The molecule has 2 unspecified atom stereocenters. The fraction of sp³-hybridized carbons (Fsp3) is 0.636. The molecule has 1 fully saturated rings. The van der Waals surface area contributed by atoms with Crippen LogP contribution in [-0.2, 0) is 4.79 Å². The Morgan fingerprint density at radius 2 is 2.25 bits per heavy atom. The molecule has 2 N–H and O–H groups in total. The smallest absolute Gasteiger partial charge is 0.318 e. The quantitative estimate of drug-likeness (QED) is 0.686. The summed E-state index contributed by atoms with van der Waals surface area (Å²) in [5.74, 6) is 1.04. The van der Waals surface area contributed by atoms with Gasteiger partial charge in [-0.2, -0.15) is 0 Å². The molecule has 0 heterocycles. The van der Waals surface area contributed by atoms with Crippen molar-refractivity contribution in [3.63, 3.8) is 0 Å². The molecular formula is C11H16N2O3. The van der Waals surface area contributed by atoms with E-state index in [0.717, 1.165) is 6.42 Å². The fourth-order valence-electron chi connectivity index (χ4n) is 1.91. The first-order valence-corrected chi connectivity index (χ1v) is 5.24. The van der Waals surface area contributed by atoms with Gasteiger partial charge < -0.3 is 15.3 Å². The molecule has 0 aromatic heterocycles. The lowest BCUT2D eigenvalue weighted by Gasteiger charge is -2.21. The highest BCUT2D eigenvalue weighted by Crippen LogP contribution is 2.25. The SMILES string of the molecule is C#CCN(C)C(=O)NC1CCCC1C(=O)O. The molecule has 0 saturated heterocycles. The van der Waals surface area contributed by atoms with Gasteiger partial charge in [0.2, 0.25) is 0 Å². The van der Waals surface area contributed by atoms with Crippen molar-refractivity contribution < 1.29 is 14.7 Å². The highest BCUT2D eigenvalue weighted by atomic mass is 16.4. The molecule has 1 aliphatic rings. The maximum Gasteiger partial charge on any atom is 0.318 e. The standard InChI is InChI=1S/C11H16N2O3/c1-3-7-13(2)11(16)12-9-6-4-5-8(9)10(14)15/h1,8-9H,4-7H2,2H3,(H,12,16)(H,14,15). The third-order valence-electron chi connectivity index (χ3n) is 2.82. The van der Waals surface area contributed by atoms with Crippen molar-refractivity contribution in [3.8, 4) is 12.3 Å². The van der Waals surface area contributed by atoms with Crippen molar-refractivity contribution in [1.82, 2.24) is 10.2 Å². The van der Waals surface area contributed by atoms with E-state index in [1.165, 1.54) is 4.90 Å². The first kappa shape index (κ1) is 12.4. The van der Waals surface area contributed by atoms with Crippen molar-refractivity contribution in [2.45, 2.75) is 25.3 Å². The number of hydrogen-bond donors (Lipinski definition) is 2. The summed E-state index contributed by atoms with van der Waals surface area (Å²) in [5, 5.41) is 11.6. The summed E-state index contributed by atoms with van der Waals surface area (Å²) in [6.45, 7) is 0.219. The molecule has 0 aromatic rings. The van der Waals surface area contributed by atoms with Crippen molar-refractivity contribution in [1.29, 1.82) is 0 Å². The van der Waals surface area contributed by atoms with Gasteiger partial charge in [0, 0.05) is 13.1 Å². The molecule has 1 aliphatic carbocycles. The number of aliphatic carboxylic acids is 1. The van der Waals surface area contributed by atoms with Crippen molar-refractivity contribution in [2.24, 2.45) is 5.92 Å². The van der Waals surface area contributed by atoms with Crippen LogP contribution in [0, 0.1) is 18.3 Å². The van der Waals surface area contributed by atoms with Crippen LogP contribution < -0.4 is 5.32 Å². The minimum Gasteiger partial charge on any atom is -0.481 e. The van der Waals surface area contributed by atoms with Gasteiger partial charge in [-0.1, -0.05) is 12.3 Å². The van der Waals surface area contributed by atoms with Crippen LogP contribution >= 0.6 is 0 Å². The Morgan fingerprint density at radius 3 is 2.81 bits per heavy atom. The molecule has 5 heteroatoms. The van der Waals surface area contributed by atoms with Gasteiger partial charge in [-0.3, -0.25) is 4.79 Å². The number of nitrogens with zero attached hydrogens (tertiary/aromatic N) is 1. The first-order valence-electron chi connectivity index (χ1n) is 5.24. The summed E-state index contributed by atoms with van der Waals surface area (Å²) in [7, 11) is 1.58. The van der Waals surface area contributed by atoms with E-state index in [0.29, 0.717) is 12.8 Å². The lowest BCUT2D eigenvalue weighted by atomic mass is 10.0. The Bertz CT molecular complexity index is 322. The molecule has 2 amide bonds. The molecular weight excluding hydrogens is 208 g/mol. The maximum absolute atomic E-state index is 11.6. The van der Waals surface area contributed by atoms with E-state index in [-0.39, 0.29) is 18.6 Å². The molecule has 2 atom stereocenters. The Morgan fingerprint density at radius 1 is 1.56 bits per heavy atom. The summed E-state index contributed by atoms with van der Waals surface area (Å²) in [5.41, 5.74) is 0. The van der Waals surface area contributed by atoms with Crippen LogP contribution in [-0.4, -0.2) is 41.6 Å². The van der Waals surface area contributed by atoms with E-state index in [1.807, 2.05) is 0 Å². The molecule has 5 nitrogen and oxygen atoms in total. The van der Waals surface area contributed by atoms with E-state index >= 15 is 0 Å². The molecule has 1 rings (SSSR count). The fourth-order valence-corrected chi connectivity index (χ4v) is 1.91. The number of terminal acetylenes is 1. The van der Waals surface area contributed by atoms with Crippen LogP contribution in [0.2, 0.25) is 0 Å². The number of carbonyl (C=O) groups excluding carboxylic acids is 1. The zero-order valence-electron chi connectivity index (χ0n) is 9.27. The molecule has 88 valence electrons. The largest absolute Gasteiger partial charge is 0.481 e. The van der Waals surface area contributed by atoms with Crippen molar-refractivity contribution in [2.75, 3.05) is 13.6 Å². The number of amides is 2. The monoisotopic (exact) mass is 224 g/mol. The van der Waals surface area contributed by atoms with E-state index in [9.17, 15) is 9.59 Å². The maximum atomic E-state index is 11.6. The minimum atomic E-state index is -0.845. The molecule has 0 aromatic carbocycles. The van der Waals surface area contributed by atoms with Gasteiger partial charge in [0.1, 0.15) is 0 Å². The van der Waals surface area contributed by atoms with Gasteiger partial charge in [-0.25, -0.2) is 4.79 Å². The second kappa shape index (κ2) is 5.40. The molecule has 0 radical (unpaired) electrons. The number of hydrogen-bond acceptors (Lipinski definition) is 2. The summed E-state index contributed by atoms with van der Waals surface area (Å²) >= 11 is 0. The van der Waals surface area contributed by atoms with Gasteiger partial charge in [0.05, 0.1) is 12.5 Å². The van der Waals surface area contributed by atoms with Crippen LogP contribution in [0.1, 0.15) is 19.3 Å². The number of rotatable bonds is 3. The zero-order chi connectivity index (χ0) is 12.1. The third kappa shape index (κ3) is 2.89. The highest BCUT2D eigenvalue weighted by Gasteiger charge is 2.34. The van der Waals surface area contributed by atoms with Crippen LogP contribution in [0.25, 0.3) is 0 Å². The van der Waals surface area contributed by atoms with E-state index in [2.05, 4.69) is 11.2 Å². The van der Waals surface area contributed by atoms with Gasteiger partial charge >= 0.3 is 12.0 Å². The molecule has 0 spiro atoms. The Kier molecular flexibility index (Phi) is 4.18. The summed E-state index contributed by atoms with van der Waals surface area (Å²) in [6, 6.07) is -0.582. The van der Waals surface area contributed by atoms with Crippen LogP contribution in [0.5, 0.6) is 0 Å². The van der Waals surface area contributed by atoms with Gasteiger partial charge in [0.25, 0.3) is 0 Å². The highest BCUT2D eigenvalue weighted by molar-refractivity contribution is 5.77. The Hall–Kier alpha value is -1.70. The second-order valence-electron chi connectivity index (χ2n) is 3.99. The summed E-state index contributed by atoms with van der Waals surface area (Å²) in [6.07, 6.45) is 7.26. The summed E-state index contributed by atoms with van der Waals surface area (Å²) in [4.78, 5) is 23.8. The molecule has 0 bridgehead atoms. The van der Waals surface area contributed by atoms with E-state index in [1.54, 1.807) is 7.05 Å². The number of carboxylic acid groups (broad SMARTS) is 1. The Balaban J connectivity index is 2.50. The lowest BCUT2D eigenvalue weighted by molar-refractivity contribution is -0.142. The summed E-state index contributed by atoms with van der Waals surface area (Å²) < 4.78 is 0. The van der Waals surface area contributed by atoms with Crippen LogP contribution in [0.15, 0.2) is 0 Å².